The number of carboxylic acid groups (broad SMARTS) is 1. The van der Waals surface area contributed by atoms with Crippen LogP contribution in [0.1, 0.15) is 50.4 Å². The molecule has 1 fully saturated rings. The third kappa shape index (κ3) is 4.51. The highest BCUT2D eigenvalue weighted by molar-refractivity contribution is 6.09. The van der Waals surface area contributed by atoms with Gasteiger partial charge in [-0.3, -0.25) is 9.69 Å². The fourth-order valence-corrected chi connectivity index (χ4v) is 5.84. The highest BCUT2D eigenvalue weighted by Gasteiger charge is 2.32. The summed E-state index contributed by atoms with van der Waals surface area (Å²) >= 11 is 0. The number of nitrogens with zero attached hydrogens (tertiary/aromatic N) is 3. The van der Waals surface area contributed by atoms with Crippen LogP contribution in [0.5, 0.6) is 0 Å². The van der Waals surface area contributed by atoms with Gasteiger partial charge >= 0.3 is 5.97 Å². The lowest BCUT2D eigenvalue weighted by molar-refractivity contribution is 0.0682. The van der Waals surface area contributed by atoms with E-state index in [1.165, 1.54) is 12.1 Å². The molecule has 3 aromatic rings. The highest BCUT2D eigenvalue weighted by Crippen LogP contribution is 2.32. The van der Waals surface area contributed by atoms with Crippen LogP contribution >= 0.6 is 0 Å². The van der Waals surface area contributed by atoms with Crippen molar-refractivity contribution >= 4 is 22.8 Å². The molecule has 1 aromatic heterocycles. The number of ether oxygens (including phenoxy) is 1. The number of carboxylic acids is 1. The number of benzene rings is 2. The molecule has 0 radical (unpaired) electrons. The summed E-state index contributed by atoms with van der Waals surface area (Å²) in [4.78, 5) is 29.4. The second-order valence-corrected chi connectivity index (χ2v) is 9.85. The van der Waals surface area contributed by atoms with Gasteiger partial charge in [0.05, 0.1) is 17.7 Å². The van der Waals surface area contributed by atoms with Crippen molar-refractivity contribution in [2.45, 2.75) is 38.8 Å². The van der Waals surface area contributed by atoms with Crippen LogP contribution < -0.4 is 0 Å². The standard InChI is InChI=1S/C28H32FN3O4/c1-18-14-19(5-7-22(18)28(34)35)16-32-24-8-6-20(29)15-23(24)26-25(32)9-11-31(27(26)33)13-12-30-10-3-4-21(30)17-36-2/h5-8,14-15,21H,3-4,9-13,16-17H2,1-2H3,(H,34,35)/t21-/m0/s1. The number of aryl methyl sites for hydroxylation is 1. The number of likely N-dealkylation sites (tertiary alicyclic amines) is 1. The minimum Gasteiger partial charge on any atom is -0.478 e. The number of aromatic carboxylic acids is 1. The lowest BCUT2D eigenvalue weighted by Gasteiger charge is -2.31. The average Bonchev–Trinajstić information content (AvgIpc) is 3.41. The second-order valence-electron chi connectivity index (χ2n) is 9.85. The van der Waals surface area contributed by atoms with Crippen molar-refractivity contribution in [1.29, 1.82) is 0 Å². The first-order valence-corrected chi connectivity index (χ1v) is 12.5. The van der Waals surface area contributed by atoms with E-state index >= 15 is 0 Å². The van der Waals surface area contributed by atoms with Gasteiger partial charge in [0.2, 0.25) is 0 Å². The molecule has 0 aliphatic carbocycles. The maximum Gasteiger partial charge on any atom is 0.335 e. The van der Waals surface area contributed by atoms with Crippen molar-refractivity contribution in [3.63, 3.8) is 0 Å². The quantitative estimate of drug-likeness (QED) is 0.515. The summed E-state index contributed by atoms with van der Waals surface area (Å²) in [7, 11) is 1.73. The molecule has 2 aliphatic rings. The van der Waals surface area contributed by atoms with Crippen molar-refractivity contribution in [3.8, 4) is 0 Å². The van der Waals surface area contributed by atoms with E-state index in [-0.39, 0.29) is 17.3 Å². The summed E-state index contributed by atoms with van der Waals surface area (Å²) in [6.45, 7) is 6.05. The SMILES string of the molecule is COC[C@@H]1CCCN1CCN1CCc2c(c3cc(F)ccc3n2Cc2ccc(C(=O)O)c(C)c2)C1=O. The Hall–Kier alpha value is -3.23. The van der Waals surface area contributed by atoms with Gasteiger partial charge in [-0.1, -0.05) is 12.1 Å². The van der Waals surface area contributed by atoms with Crippen molar-refractivity contribution in [2.75, 3.05) is 39.9 Å². The summed E-state index contributed by atoms with van der Waals surface area (Å²) in [6.07, 6.45) is 2.95. The van der Waals surface area contributed by atoms with E-state index in [1.54, 1.807) is 26.2 Å². The molecule has 190 valence electrons. The first-order chi connectivity index (χ1) is 17.4. The molecule has 2 aliphatic heterocycles. The van der Waals surface area contributed by atoms with Crippen LogP contribution in [0.15, 0.2) is 36.4 Å². The first kappa shape index (κ1) is 24.5. The van der Waals surface area contributed by atoms with Crippen molar-refractivity contribution in [3.05, 3.63) is 70.2 Å². The zero-order valence-corrected chi connectivity index (χ0v) is 20.8. The summed E-state index contributed by atoms with van der Waals surface area (Å²) in [5.41, 5.74) is 4.22. The predicted molar refractivity (Wildman–Crippen MR) is 135 cm³/mol. The molecule has 0 bridgehead atoms. The number of rotatable bonds is 8. The van der Waals surface area contributed by atoms with Gasteiger partial charge < -0.3 is 19.3 Å². The summed E-state index contributed by atoms with van der Waals surface area (Å²) in [5.74, 6) is -1.37. The van der Waals surface area contributed by atoms with Gasteiger partial charge in [0, 0.05) is 62.3 Å². The molecular formula is C28H32FN3O4. The largest absolute Gasteiger partial charge is 0.478 e. The monoisotopic (exact) mass is 493 g/mol. The minimum atomic E-state index is -0.952. The molecular weight excluding hydrogens is 461 g/mol. The van der Waals surface area contributed by atoms with Gasteiger partial charge in [0.15, 0.2) is 0 Å². The maximum absolute atomic E-state index is 14.3. The van der Waals surface area contributed by atoms with Gasteiger partial charge in [-0.15, -0.1) is 0 Å². The zero-order chi connectivity index (χ0) is 25.4. The Kier molecular flexibility index (Phi) is 6.81. The number of hydrogen-bond donors (Lipinski definition) is 1. The molecule has 8 heteroatoms. The third-order valence-electron chi connectivity index (χ3n) is 7.63. The number of amides is 1. The molecule has 7 nitrogen and oxygen atoms in total. The molecule has 0 spiro atoms. The molecule has 1 saturated heterocycles. The van der Waals surface area contributed by atoms with Crippen LogP contribution in [0, 0.1) is 12.7 Å². The Labute approximate surface area is 210 Å². The van der Waals surface area contributed by atoms with E-state index in [1.807, 2.05) is 17.0 Å². The lowest BCUT2D eigenvalue weighted by Crippen LogP contribution is -2.44. The fraction of sp³-hybridized carbons (Fsp3) is 0.429. The molecule has 5 rings (SSSR count). The van der Waals surface area contributed by atoms with Gasteiger partial charge in [-0.2, -0.15) is 0 Å². The number of fused-ring (bicyclic) bond motifs is 3. The summed E-state index contributed by atoms with van der Waals surface area (Å²) in [5, 5.41) is 9.99. The molecule has 1 atom stereocenters. The van der Waals surface area contributed by atoms with E-state index in [0.29, 0.717) is 55.2 Å². The first-order valence-electron chi connectivity index (χ1n) is 12.5. The summed E-state index contributed by atoms with van der Waals surface area (Å²) in [6, 6.07) is 10.3. The van der Waals surface area contributed by atoms with Crippen LogP contribution in [0.2, 0.25) is 0 Å². The van der Waals surface area contributed by atoms with Crippen molar-refractivity contribution in [1.82, 2.24) is 14.4 Å². The normalized spacial score (nSPS) is 18.2. The number of aromatic nitrogens is 1. The average molecular weight is 494 g/mol. The van der Waals surface area contributed by atoms with E-state index in [4.69, 9.17) is 4.74 Å². The smallest absolute Gasteiger partial charge is 0.335 e. The summed E-state index contributed by atoms with van der Waals surface area (Å²) < 4.78 is 21.7. The van der Waals surface area contributed by atoms with E-state index in [9.17, 15) is 19.1 Å². The number of hydrogen-bond acceptors (Lipinski definition) is 4. The molecule has 0 unspecified atom stereocenters. The van der Waals surface area contributed by atoms with E-state index in [2.05, 4.69) is 9.47 Å². The van der Waals surface area contributed by atoms with E-state index in [0.717, 1.165) is 42.7 Å². The Morgan fingerprint density at radius 1 is 1.17 bits per heavy atom. The van der Waals surface area contributed by atoms with Crippen LogP contribution in [0.25, 0.3) is 10.9 Å². The molecule has 1 amide bonds. The Morgan fingerprint density at radius 3 is 2.75 bits per heavy atom. The maximum atomic E-state index is 14.3. The topological polar surface area (TPSA) is 75.0 Å². The van der Waals surface area contributed by atoms with Gasteiger partial charge in [-0.25, -0.2) is 9.18 Å². The van der Waals surface area contributed by atoms with E-state index < -0.39 is 5.97 Å². The van der Waals surface area contributed by atoms with Gasteiger partial charge in [-0.05, 0) is 61.7 Å². The van der Waals surface area contributed by atoms with Crippen molar-refractivity contribution < 1.29 is 23.8 Å². The molecule has 3 heterocycles. The van der Waals surface area contributed by atoms with Gasteiger partial charge in [0.25, 0.3) is 5.91 Å². The second kappa shape index (κ2) is 10.0. The molecule has 1 N–H and O–H groups in total. The van der Waals surface area contributed by atoms with Crippen LogP contribution in [-0.2, 0) is 17.7 Å². The Bertz CT molecular complexity index is 1320. The molecule has 36 heavy (non-hydrogen) atoms. The molecule has 0 saturated carbocycles. The Morgan fingerprint density at radius 2 is 2.00 bits per heavy atom. The zero-order valence-electron chi connectivity index (χ0n) is 20.8. The number of carbonyl (C=O) groups is 2. The highest BCUT2D eigenvalue weighted by atomic mass is 19.1. The minimum absolute atomic E-state index is 0.0505. The lowest BCUT2D eigenvalue weighted by atomic mass is 10.0. The number of methoxy groups -OCH3 is 1. The van der Waals surface area contributed by atoms with Crippen molar-refractivity contribution in [2.24, 2.45) is 0 Å². The predicted octanol–water partition coefficient (Wildman–Crippen LogP) is 3.94. The van der Waals surface area contributed by atoms with Crippen LogP contribution in [0.3, 0.4) is 0 Å². The number of carbonyl (C=O) groups excluding carboxylic acids is 1. The fourth-order valence-electron chi connectivity index (χ4n) is 5.84. The Balaban J connectivity index is 1.44. The van der Waals surface area contributed by atoms with Crippen LogP contribution in [0.4, 0.5) is 4.39 Å². The van der Waals surface area contributed by atoms with Crippen LogP contribution in [-0.4, -0.2) is 77.3 Å². The molecule has 2 aromatic carbocycles. The van der Waals surface area contributed by atoms with Gasteiger partial charge in [0.1, 0.15) is 5.82 Å². The number of halogens is 1. The third-order valence-corrected chi connectivity index (χ3v) is 7.63.